The molecule has 30 heavy (non-hydrogen) atoms. The fourth-order valence-electron chi connectivity index (χ4n) is 6.90. The van der Waals surface area contributed by atoms with E-state index in [2.05, 4.69) is 19.9 Å². The molecule has 0 amide bonds. The van der Waals surface area contributed by atoms with Gasteiger partial charge in [0.15, 0.2) is 11.4 Å². The van der Waals surface area contributed by atoms with Gasteiger partial charge in [0.25, 0.3) is 0 Å². The molecule has 0 radical (unpaired) electrons. The van der Waals surface area contributed by atoms with Gasteiger partial charge in [0, 0.05) is 10.8 Å². The second kappa shape index (κ2) is 7.04. The molecule has 0 aromatic heterocycles. The predicted molar refractivity (Wildman–Crippen MR) is 109 cm³/mol. The Morgan fingerprint density at radius 2 is 1.93 bits per heavy atom. The van der Waals surface area contributed by atoms with Crippen molar-refractivity contribution in [2.75, 3.05) is 0 Å². The third kappa shape index (κ3) is 3.24. The van der Waals surface area contributed by atoms with E-state index < -0.39 is 24.0 Å². The zero-order chi connectivity index (χ0) is 21.9. The quantitative estimate of drug-likeness (QED) is 0.681. The molecule has 6 heteroatoms. The predicted octanol–water partition coefficient (Wildman–Crippen LogP) is 3.43. The maximum atomic E-state index is 12.4. The number of hydrogen-bond donors (Lipinski definition) is 2. The van der Waals surface area contributed by atoms with Crippen molar-refractivity contribution in [3.05, 3.63) is 23.8 Å². The largest absolute Gasteiger partial charge is 0.479 e. The Kier molecular flexibility index (Phi) is 5.00. The molecule has 0 saturated heterocycles. The van der Waals surface area contributed by atoms with E-state index in [4.69, 9.17) is 9.84 Å². The first-order valence-corrected chi connectivity index (χ1v) is 11.1. The molecule has 4 rings (SSSR count). The van der Waals surface area contributed by atoms with E-state index in [-0.39, 0.29) is 22.7 Å². The van der Waals surface area contributed by atoms with Crippen LogP contribution < -0.4 is 0 Å². The van der Waals surface area contributed by atoms with Gasteiger partial charge < -0.3 is 14.9 Å². The molecular weight excluding hydrogens is 384 g/mol. The van der Waals surface area contributed by atoms with E-state index in [1.54, 1.807) is 6.08 Å². The molecule has 0 aromatic rings. The Morgan fingerprint density at radius 1 is 1.20 bits per heavy atom. The van der Waals surface area contributed by atoms with Crippen LogP contribution >= 0.6 is 0 Å². The maximum absolute atomic E-state index is 12.4. The van der Waals surface area contributed by atoms with E-state index >= 15 is 0 Å². The summed E-state index contributed by atoms with van der Waals surface area (Å²) < 4.78 is 5.76. The first-order valence-electron chi connectivity index (χ1n) is 11.1. The van der Waals surface area contributed by atoms with Gasteiger partial charge in [0.05, 0.1) is 6.42 Å². The van der Waals surface area contributed by atoms with Crippen LogP contribution in [-0.4, -0.2) is 39.6 Å². The molecule has 0 heterocycles. The van der Waals surface area contributed by atoms with Gasteiger partial charge in [0.2, 0.25) is 0 Å². The molecule has 4 aliphatic rings. The smallest absolute Gasteiger partial charge is 0.335 e. The van der Waals surface area contributed by atoms with Crippen molar-refractivity contribution in [3.63, 3.8) is 0 Å². The molecule has 0 aromatic carbocycles. The topological polar surface area (TPSA) is 101 Å². The van der Waals surface area contributed by atoms with E-state index in [1.165, 1.54) is 5.57 Å². The molecule has 6 nitrogen and oxygen atoms in total. The van der Waals surface area contributed by atoms with Gasteiger partial charge in [0.1, 0.15) is 6.10 Å². The fraction of sp³-hybridized carbons (Fsp3) is 0.708. The summed E-state index contributed by atoms with van der Waals surface area (Å²) in [5, 5.41) is 19.0. The molecule has 0 bridgehead atoms. The minimum atomic E-state index is -2.11. The third-order valence-corrected chi connectivity index (χ3v) is 8.69. The van der Waals surface area contributed by atoms with E-state index in [0.717, 1.165) is 45.4 Å². The van der Waals surface area contributed by atoms with E-state index in [9.17, 15) is 19.5 Å². The average Bonchev–Trinajstić information content (AvgIpc) is 2.98. The van der Waals surface area contributed by atoms with Crippen LogP contribution in [0.25, 0.3) is 0 Å². The highest BCUT2D eigenvalue weighted by Gasteiger charge is 2.59. The highest BCUT2D eigenvalue weighted by Crippen LogP contribution is 2.64. The van der Waals surface area contributed by atoms with Gasteiger partial charge in [-0.05, 0) is 75.4 Å². The van der Waals surface area contributed by atoms with Gasteiger partial charge in [-0.3, -0.25) is 9.59 Å². The Bertz CT molecular complexity index is 839. The van der Waals surface area contributed by atoms with E-state index in [1.807, 2.05) is 6.08 Å². The van der Waals surface area contributed by atoms with Crippen molar-refractivity contribution in [1.82, 2.24) is 0 Å². The summed E-state index contributed by atoms with van der Waals surface area (Å²) in [5.41, 5.74) is -1.04. The first-order chi connectivity index (χ1) is 14.0. The average molecular weight is 417 g/mol. The van der Waals surface area contributed by atoms with Gasteiger partial charge in [-0.15, -0.1) is 0 Å². The number of carbonyl (C=O) groups is 3. The van der Waals surface area contributed by atoms with Crippen LogP contribution in [0.2, 0.25) is 0 Å². The van der Waals surface area contributed by atoms with Crippen molar-refractivity contribution >= 4 is 17.7 Å². The molecule has 0 aliphatic heterocycles. The molecule has 4 aliphatic carbocycles. The molecular formula is C24H32O6. The first kappa shape index (κ1) is 21.3. The zero-order valence-corrected chi connectivity index (χ0v) is 18.0. The number of ketones is 1. The van der Waals surface area contributed by atoms with Gasteiger partial charge in [-0.2, -0.15) is 0 Å². The molecule has 3 fully saturated rings. The lowest BCUT2D eigenvalue weighted by atomic mass is 9.48. The fourth-order valence-corrected chi connectivity index (χ4v) is 6.90. The standard InChI is InChI=1S/C24H32O6/c1-22-10-8-15(25)12-14(22)4-5-16-17-6-7-19(23(17,2)11-9-18(16)22)30-20(26)13-24(3,29)21(27)28/h8,10,12,16-19,29H,4-7,9,11,13H2,1-3H3,(H,27,28)/t16-,17-,18-,19+,22-,23-,24?/m0/s1. The SMILES string of the molecule is CC(O)(CC(=O)O[C@@H]1CC[C@H]2[C@@H]3CCC4=CC(=O)C=C[C@]4(C)[C@H]3CC[C@]12C)C(=O)O. The van der Waals surface area contributed by atoms with Crippen LogP contribution in [0.3, 0.4) is 0 Å². The van der Waals surface area contributed by atoms with Crippen molar-refractivity contribution < 1.29 is 29.3 Å². The Labute approximate surface area is 177 Å². The molecule has 2 N–H and O–H groups in total. The third-order valence-electron chi connectivity index (χ3n) is 8.69. The number of allylic oxidation sites excluding steroid dienone is 4. The van der Waals surface area contributed by atoms with Crippen LogP contribution in [0.5, 0.6) is 0 Å². The number of aliphatic carboxylic acids is 1. The molecule has 1 unspecified atom stereocenters. The summed E-state index contributed by atoms with van der Waals surface area (Å²) in [4.78, 5) is 35.4. The van der Waals surface area contributed by atoms with Crippen LogP contribution in [0.4, 0.5) is 0 Å². The lowest BCUT2D eigenvalue weighted by molar-refractivity contribution is -0.172. The molecule has 3 saturated carbocycles. The Morgan fingerprint density at radius 3 is 2.63 bits per heavy atom. The number of fused-ring (bicyclic) bond motifs is 5. The van der Waals surface area contributed by atoms with Crippen molar-refractivity contribution in [1.29, 1.82) is 0 Å². The summed E-state index contributed by atoms with van der Waals surface area (Å²) in [7, 11) is 0. The Hall–Kier alpha value is -1.95. The summed E-state index contributed by atoms with van der Waals surface area (Å²) in [5.74, 6) is -0.526. The van der Waals surface area contributed by atoms with Gasteiger partial charge >= 0.3 is 11.9 Å². The molecule has 7 atom stereocenters. The molecule has 0 spiro atoms. The van der Waals surface area contributed by atoms with Crippen LogP contribution in [0.15, 0.2) is 23.8 Å². The highest BCUT2D eigenvalue weighted by atomic mass is 16.5. The van der Waals surface area contributed by atoms with E-state index in [0.29, 0.717) is 17.8 Å². The lowest BCUT2D eigenvalue weighted by Crippen LogP contribution is -2.51. The second-order valence-corrected chi connectivity index (χ2v) is 10.5. The summed E-state index contributed by atoms with van der Waals surface area (Å²) >= 11 is 0. The number of hydrogen-bond acceptors (Lipinski definition) is 5. The summed E-state index contributed by atoms with van der Waals surface area (Å²) in [6, 6.07) is 0. The minimum absolute atomic E-state index is 0.0624. The summed E-state index contributed by atoms with van der Waals surface area (Å²) in [6.45, 7) is 5.60. The normalized spacial score (nSPS) is 41.7. The highest BCUT2D eigenvalue weighted by molar-refractivity contribution is 6.01. The maximum Gasteiger partial charge on any atom is 0.335 e. The Balaban J connectivity index is 1.50. The lowest BCUT2D eigenvalue weighted by Gasteiger charge is -2.56. The number of esters is 1. The number of carbonyl (C=O) groups excluding carboxylic acids is 2. The number of ether oxygens (including phenoxy) is 1. The number of rotatable bonds is 4. The van der Waals surface area contributed by atoms with Crippen LogP contribution in [-0.2, 0) is 19.1 Å². The minimum Gasteiger partial charge on any atom is -0.479 e. The number of carboxylic acids is 1. The van der Waals surface area contributed by atoms with Crippen LogP contribution in [0, 0.1) is 28.6 Å². The summed E-state index contributed by atoms with van der Waals surface area (Å²) in [6.07, 6.45) is 10.6. The van der Waals surface area contributed by atoms with Crippen molar-refractivity contribution in [2.24, 2.45) is 28.6 Å². The van der Waals surface area contributed by atoms with Crippen LogP contribution in [0.1, 0.15) is 65.7 Å². The van der Waals surface area contributed by atoms with Gasteiger partial charge in [-0.25, -0.2) is 4.79 Å². The zero-order valence-electron chi connectivity index (χ0n) is 18.0. The van der Waals surface area contributed by atoms with Crippen molar-refractivity contribution in [2.45, 2.75) is 77.4 Å². The molecule has 164 valence electrons. The van der Waals surface area contributed by atoms with Crippen molar-refractivity contribution in [3.8, 4) is 0 Å². The monoisotopic (exact) mass is 416 g/mol. The number of aliphatic hydroxyl groups is 1. The second-order valence-electron chi connectivity index (χ2n) is 10.5. The van der Waals surface area contributed by atoms with Gasteiger partial charge in [-0.1, -0.05) is 25.5 Å². The number of carboxylic acid groups (broad SMARTS) is 1.